The lowest BCUT2D eigenvalue weighted by Gasteiger charge is -2.09. The molecule has 1 rings (SSSR count). The summed E-state index contributed by atoms with van der Waals surface area (Å²) < 4.78 is 4.77. The number of anilines is 2. The van der Waals surface area contributed by atoms with Crippen molar-refractivity contribution in [3.63, 3.8) is 0 Å². The number of rotatable bonds is 3. The predicted molar refractivity (Wildman–Crippen MR) is 58.3 cm³/mol. The Morgan fingerprint density at radius 3 is 2.24 bits per heavy atom. The molecule has 1 heterocycles. The molecule has 0 aliphatic heterocycles. The van der Waals surface area contributed by atoms with Crippen molar-refractivity contribution in [2.75, 3.05) is 24.9 Å². The fraction of sp³-hybridized carbons (Fsp3) is 0.200. The topological polar surface area (TPSA) is 132 Å². The quantitative estimate of drug-likeness (QED) is 0.710. The monoisotopic (exact) mass is 228 g/mol. The van der Waals surface area contributed by atoms with E-state index in [0.717, 1.165) is 0 Å². The summed E-state index contributed by atoms with van der Waals surface area (Å²) in [7, 11) is 1.46. The van der Waals surface area contributed by atoms with E-state index < -0.39 is 0 Å². The third kappa shape index (κ3) is 2.23. The molecule has 17 heavy (non-hydrogen) atoms. The SMILES string of the molecule is COCNc1nc(N)c(C#N)c(C#N)c1C#N. The molecule has 0 saturated heterocycles. The molecule has 0 aromatic carbocycles. The van der Waals surface area contributed by atoms with Crippen molar-refractivity contribution in [2.24, 2.45) is 0 Å². The predicted octanol–water partition coefficient (Wildman–Crippen LogP) is 0.295. The molecule has 0 aliphatic rings. The molecule has 84 valence electrons. The van der Waals surface area contributed by atoms with E-state index in [2.05, 4.69) is 10.3 Å². The van der Waals surface area contributed by atoms with Crippen molar-refractivity contribution in [3.05, 3.63) is 16.7 Å². The van der Waals surface area contributed by atoms with Gasteiger partial charge in [0.1, 0.15) is 47.7 Å². The van der Waals surface area contributed by atoms with Gasteiger partial charge in [-0.05, 0) is 0 Å². The Morgan fingerprint density at radius 1 is 1.18 bits per heavy atom. The van der Waals surface area contributed by atoms with E-state index in [1.165, 1.54) is 7.11 Å². The molecule has 7 heteroatoms. The zero-order valence-corrected chi connectivity index (χ0v) is 8.98. The highest BCUT2D eigenvalue weighted by Crippen LogP contribution is 2.23. The molecule has 0 aliphatic carbocycles. The number of hydrogen-bond acceptors (Lipinski definition) is 7. The average molecular weight is 228 g/mol. The van der Waals surface area contributed by atoms with Crippen LogP contribution in [0, 0.1) is 34.0 Å². The molecule has 0 atom stereocenters. The largest absolute Gasteiger partial charge is 0.382 e. The number of pyridine rings is 1. The van der Waals surface area contributed by atoms with Gasteiger partial charge in [-0.15, -0.1) is 0 Å². The van der Waals surface area contributed by atoms with Crippen molar-refractivity contribution in [1.29, 1.82) is 15.8 Å². The molecule has 0 fully saturated rings. The van der Waals surface area contributed by atoms with Gasteiger partial charge in [0, 0.05) is 7.11 Å². The van der Waals surface area contributed by atoms with Gasteiger partial charge in [-0.2, -0.15) is 15.8 Å². The minimum atomic E-state index is -0.0957. The standard InChI is InChI=1S/C10H8N6O/c1-17-5-15-10-8(4-13)6(2-11)7(3-12)9(14)16-10/h5H2,1H3,(H3,14,15,16). The second kappa shape index (κ2) is 5.32. The molecule has 0 radical (unpaired) electrons. The minimum absolute atomic E-state index is 0.0182. The Labute approximate surface area is 97.7 Å². The third-order valence-electron chi connectivity index (χ3n) is 1.94. The highest BCUT2D eigenvalue weighted by molar-refractivity contribution is 5.70. The van der Waals surface area contributed by atoms with Crippen LogP contribution in [-0.4, -0.2) is 18.8 Å². The minimum Gasteiger partial charge on any atom is -0.382 e. The summed E-state index contributed by atoms with van der Waals surface area (Å²) in [6.07, 6.45) is 0. The summed E-state index contributed by atoms with van der Waals surface area (Å²) in [5.41, 5.74) is 5.34. The number of nitrogens with two attached hydrogens (primary N) is 1. The zero-order chi connectivity index (χ0) is 12.8. The van der Waals surface area contributed by atoms with Crippen LogP contribution >= 0.6 is 0 Å². The molecule has 0 spiro atoms. The van der Waals surface area contributed by atoms with E-state index in [4.69, 9.17) is 26.3 Å². The van der Waals surface area contributed by atoms with Gasteiger partial charge in [-0.1, -0.05) is 0 Å². The van der Waals surface area contributed by atoms with E-state index in [0.29, 0.717) is 0 Å². The Morgan fingerprint density at radius 2 is 1.76 bits per heavy atom. The van der Waals surface area contributed by atoms with Crippen molar-refractivity contribution >= 4 is 11.6 Å². The molecule has 1 aromatic rings. The Kier molecular flexibility index (Phi) is 3.83. The van der Waals surface area contributed by atoms with Gasteiger partial charge >= 0.3 is 0 Å². The van der Waals surface area contributed by atoms with Gasteiger partial charge in [0.25, 0.3) is 0 Å². The number of nitriles is 3. The molecule has 0 bridgehead atoms. The number of nitrogens with one attached hydrogen (secondary N) is 1. The fourth-order valence-corrected chi connectivity index (χ4v) is 1.21. The van der Waals surface area contributed by atoms with E-state index in [-0.39, 0.29) is 35.1 Å². The Hall–Kier alpha value is -2.82. The zero-order valence-electron chi connectivity index (χ0n) is 8.98. The number of nitrogens with zero attached hydrogens (tertiary/aromatic N) is 4. The van der Waals surface area contributed by atoms with E-state index >= 15 is 0 Å². The first kappa shape index (κ1) is 12.3. The van der Waals surface area contributed by atoms with E-state index in [1.54, 1.807) is 12.1 Å². The smallest absolute Gasteiger partial charge is 0.149 e. The maximum atomic E-state index is 8.97. The van der Waals surface area contributed by atoms with Gasteiger partial charge < -0.3 is 15.8 Å². The van der Waals surface area contributed by atoms with Crippen LogP contribution in [0.2, 0.25) is 0 Å². The van der Waals surface area contributed by atoms with Crippen LogP contribution in [0.5, 0.6) is 0 Å². The maximum Gasteiger partial charge on any atom is 0.149 e. The second-order valence-electron chi connectivity index (χ2n) is 2.92. The molecule has 0 amide bonds. The highest BCUT2D eigenvalue weighted by atomic mass is 16.5. The summed E-state index contributed by atoms with van der Waals surface area (Å²) in [4.78, 5) is 3.85. The summed E-state index contributed by atoms with van der Waals surface area (Å²) in [6, 6.07) is 5.35. The van der Waals surface area contributed by atoms with Crippen molar-refractivity contribution in [3.8, 4) is 18.2 Å². The summed E-state index contributed by atoms with van der Waals surface area (Å²) in [5.74, 6) is 0.0315. The first-order valence-corrected chi connectivity index (χ1v) is 4.46. The van der Waals surface area contributed by atoms with Gasteiger partial charge in [0.15, 0.2) is 0 Å². The first-order chi connectivity index (χ1) is 8.19. The second-order valence-corrected chi connectivity index (χ2v) is 2.92. The van der Waals surface area contributed by atoms with Crippen LogP contribution in [0.25, 0.3) is 0 Å². The Bertz CT molecular complexity index is 560. The fourth-order valence-electron chi connectivity index (χ4n) is 1.21. The molecule has 1 aromatic heterocycles. The lowest BCUT2D eigenvalue weighted by atomic mass is 10.1. The van der Waals surface area contributed by atoms with Crippen LogP contribution in [0.1, 0.15) is 16.7 Å². The number of methoxy groups -OCH3 is 1. The molecule has 7 nitrogen and oxygen atoms in total. The van der Waals surface area contributed by atoms with E-state index in [1.807, 2.05) is 6.07 Å². The van der Waals surface area contributed by atoms with Crippen LogP contribution in [0.3, 0.4) is 0 Å². The van der Waals surface area contributed by atoms with Crippen LogP contribution in [-0.2, 0) is 4.74 Å². The molecule has 0 saturated carbocycles. The van der Waals surface area contributed by atoms with Crippen LogP contribution < -0.4 is 11.1 Å². The average Bonchev–Trinajstić information content (AvgIpc) is 2.35. The maximum absolute atomic E-state index is 8.97. The van der Waals surface area contributed by atoms with Crippen molar-refractivity contribution in [1.82, 2.24) is 4.98 Å². The first-order valence-electron chi connectivity index (χ1n) is 4.46. The van der Waals surface area contributed by atoms with Gasteiger partial charge in [0.05, 0.1) is 5.56 Å². The Balaban J connectivity index is 3.47. The van der Waals surface area contributed by atoms with Crippen molar-refractivity contribution in [2.45, 2.75) is 0 Å². The number of hydrogen-bond donors (Lipinski definition) is 2. The number of nitrogen functional groups attached to an aromatic ring is 1. The van der Waals surface area contributed by atoms with Gasteiger partial charge in [0.2, 0.25) is 0 Å². The summed E-state index contributed by atoms with van der Waals surface area (Å²) >= 11 is 0. The molecule has 3 N–H and O–H groups in total. The lowest BCUT2D eigenvalue weighted by molar-refractivity contribution is 0.221. The number of ether oxygens (including phenoxy) is 1. The van der Waals surface area contributed by atoms with E-state index in [9.17, 15) is 0 Å². The molecular formula is C10H8N6O. The molecular weight excluding hydrogens is 220 g/mol. The van der Waals surface area contributed by atoms with Crippen molar-refractivity contribution < 1.29 is 4.74 Å². The summed E-state index contributed by atoms with van der Waals surface area (Å²) in [6.45, 7) is 0.109. The van der Waals surface area contributed by atoms with Gasteiger partial charge in [-0.25, -0.2) is 4.98 Å². The third-order valence-corrected chi connectivity index (χ3v) is 1.94. The highest BCUT2D eigenvalue weighted by Gasteiger charge is 2.17. The van der Waals surface area contributed by atoms with Crippen LogP contribution in [0.4, 0.5) is 11.6 Å². The van der Waals surface area contributed by atoms with Gasteiger partial charge in [-0.3, -0.25) is 0 Å². The summed E-state index contributed by atoms with van der Waals surface area (Å²) in [5, 5.41) is 29.4. The molecule has 0 unspecified atom stereocenters. The normalized spacial score (nSPS) is 8.82. The lowest BCUT2D eigenvalue weighted by Crippen LogP contribution is -2.11. The van der Waals surface area contributed by atoms with Crippen LogP contribution in [0.15, 0.2) is 0 Å². The number of aromatic nitrogens is 1.